The molecule has 0 N–H and O–H groups in total. The lowest BCUT2D eigenvalue weighted by atomic mass is 9.92. The van der Waals surface area contributed by atoms with Gasteiger partial charge < -0.3 is 18.9 Å². The van der Waals surface area contributed by atoms with E-state index in [2.05, 4.69) is 20.9 Å². The van der Waals surface area contributed by atoms with Crippen molar-refractivity contribution in [1.29, 1.82) is 0 Å². The van der Waals surface area contributed by atoms with Crippen LogP contribution in [0.2, 0.25) is 0 Å². The van der Waals surface area contributed by atoms with Crippen LogP contribution in [0.15, 0.2) is 22.8 Å². The van der Waals surface area contributed by atoms with Crippen molar-refractivity contribution >= 4 is 15.9 Å². The lowest BCUT2D eigenvalue weighted by molar-refractivity contribution is -0.294. The Bertz CT molecular complexity index is 459. The van der Waals surface area contributed by atoms with Gasteiger partial charge in [-0.25, -0.2) is 4.98 Å². The average molecular weight is 378 g/mol. The fraction of sp³-hybridized carbons (Fsp3) is 0.667. The number of nitrogens with zero attached hydrogens (tertiary/aromatic N) is 1. The van der Waals surface area contributed by atoms with Crippen LogP contribution in [-0.2, 0) is 14.2 Å². The number of hydrogen-bond acceptors (Lipinski definition) is 5. The monoisotopic (exact) mass is 377 g/mol. The average Bonchev–Trinajstić information content (AvgIpc) is 2.51. The molecule has 1 fully saturated rings. The molecule has 7 heteroatoms. The van der Waals surface area contributed by atoms with Crippen LogP contribution in [0.25, 0.3) is 0 Å². The first kappa shape index (κ1) is 17.6. The van der Waals surface area contributed by atoms with Crippen molar-refractivity contribution in [1.82, 2.24) is 4.98 Å². The number of rotatable bonds is 7. The molecule has 0 aliphatic carbocycles. The minimum absolute atomic E-state index is 0.233. The Balaban J connectivity index is 1.68. The Hall–Kier alpha value is -0.760. The molecule has 0 aromatic carbocycles. The minimum atomic E-state index is -0.731. The topological polar surface area (TPSA) is 49.8 Å². The molecule has 5 nitrogen and oxygen atoms in total. The smallest absolute Gasteiger partial charge is 0.213 e. The van der Waals surface area contributed by atoms with E-state index in [1.54, 1.807) is 12.3 Å². The van der Waals surface area contributed by atoms with Crippen molar-refractivity contribution in [2.75, 3.05) is 39.7 Å². The Morgan fingerprint density at radius 3 is 2.59 bits per heavy atom. The molecule has 22 heavy (non-hydrogen) atoms. The normalized spacial score (nSPS) is 19.8. The fourth-order valence-electron chi connectivity index (χ4n) is 1.88. The Morgan fingerprint density at radius 2 is 2.00 bits per heavy atom. The van der Waals surface area contributed by atoms with Gasteiger partial charge in [0.05, 0.1) is 31.8 Å². The summed E-state index contributed by atoms with van der Waals surface area (Å²) in [7, 11) is 0. The first-order chi connectivity index (χ1) is 10.4. The van der Waals surface area contributed by atoms with Crippen LogP contribution in [0.5, 0.6) is 5.88 Å². The molecule has 1 aliphatic rings. The third-order valence-electron chi connectivity index (χ3n) is 3.32. The van der Waals surface area contributed by atoms with Crippen molar-refractivity contribution < 1.29 is 23.3 Å². The van der Waals surface area contributed by atoms with E-state index >= 15 is 0 Å². The van der Waals surface area contributed by atoms with E-state index in [9.17, 15) is 4.39 Å². The predicted molar refractivity (Wildman–Crippen MR) is 82.6 cm³/mol. The van der Waals surface area contributed by atoms with Crippen LogP contribution in [0.4, 0.5) is 4.39 Å². The van der Waals surface area contributed by atoms with Crippen LogP contribution in [0.3, 0.4) is 0 Å². The molecule has 2 rings (SSSR count). The van der Waals surface area contributed by atoms with Gasteiger partial charge in [0.25, 0.3) is 0 Å². The quantitative estimate of drug-likeness (QED) is 0.683. The van der Waals surface area contributed by atoms with E-state index in [0.29, 0.717) is 19.1 Å². The van der Waals surface area contributed by atoms with E-state index in [-0.39, 0.29) is 19.8 Å². The van der Waals surface area contributed by atoms with Gasteiger partial charge in [-0.2, -0.15) is 0 Å². The molecule has 1 aromatic rings. The lowest BCUT2D eigenvalue weighted by Crippen LogP contribution is -2.50. The van der Waals surface area contributed by atoms with Gasteiger partial charge in [0.2, 0.25) is 5.88 Å². The maximum absolute atomic E-state index is 13.3. The van der Waals surface area contributed by atoms with Crippen LogP contribution in [-0.4, -0.2) is 50.5 Å². The molecule has 0 saturated carbocycles. The van der Waals surface area contributed by atoms with Gasteiger partial charge in [0, 0.05) is 16.7 Å². The zero-order valence-corrected chi connectivity index (χ0v) is 14.4. The molecule has 2 heterocycles. The highest BCUT2D eigenvalue weighted by atomic mass is 79.9. The number of ether oxygens (including phenoxy) is 4. The van der Waals surface area contributed by atoms with Gasteiger partial charge in [0.1, 0.15) is 13.3 Å². The lowest BCUT2D eigenvalue weighted by Gasteiger charge is -2.41. The highest BCUT2D eigenvalue weighted by Crippen LogP contribution is 2.30. The zero-order chi connectivity index (χ0) is 16.1. The second kappa shape index (κ2) is 7.68. The van der Waals surface area contributed by atoms with E-state index in [1.807, 2.05) is 19.9 Å². The van der Waals surface area contributed by atoms with Gasteiger partial charge in [-0.15, -0.1) is 0 Å². The molecular formula is C15H21BrFNO4. The second-order valence-corrected chi connectivity index (χ2v) is 6.74. The summed E-state index contributed by atoms with van der Waals surface area (Å²) in [4.78, 5) is 4.09. The maximum Gasteiger partial charge on any atom is 0.213 e. The second-order valence-electron chi connectivity index (χ2n) is 5.83. The molecule has 0 bridgehead atoms. The van der Waals surface area contributed by atoms with Crippen molar-refractivity contribution in [3.05, 3.63) is 22.8 Å². The highest BCUT2D eigenvalue weighted by molar-refractivity contribution is 9.10. The van der Waals surface area contributed by atoms with Gasteiger partial charge in [-0.05, 0) is 35.8 Å². The zero-order valence-electron chi connectivity index (χ0n) is 12.8. The Morgan fingerprint density at radius 1 is 1.27 bits per heavy atom. The third-order valence-corrected chi connectivity index (χ3v) is 3.79. The standard InChI is InChI=1S/C15H21BrFNO4/c1-14(2)21-10-15(8-17,11-22-14)9-19-5-6-20-13-4-3-12(16)7-18-13/h3-4,7H,5-6,8-11H2,1-2H3. The molecule has 124 valence electrons. The SMILES string of the molecule is CC1(C)OCC(CF)(COCCOc2ccc(Br)cn2)CO1. The number of aromatic nitrogens is 1. The van der Waals surface area contributed by atoms with Gasteiger partial charge in [-0.1, -0.05) is 0 Å². The third kappa shape index (κ3) is 5.15. The van der Waals surface area contributed by atoms with Crippen molar-refractivity contribution in [3.8, 4) is 5.88 Å². The van der Waals surface area contributed by atoms with Crippen molar-refractivity contribution in [2.45, 2.75) is 19.6 Å². The Labute approximate surface area is 138 Å². The fourth-order valence-corrected chi connectivity index (χ4v) is 2.11. The van der Waals surface area contributed by atoms with Gasteiger partial charge in [-0.3, -0.25) is 4.39 Å². The molecule has 1 saturated heterocycles. The summed E-state index contributed by atoms with van der Waals surface area (Å²) in [6.45, 7) is 4.59. The van der Waals surface area contributed by atoms with Crippen molar-refractivity contribution in [3.63, 3.8) is 0 Å². The maximum atomic E-state index is 13.3. The summed E-state index contributed by atoms with van der Waals surface area (Å²) in [5.41, 5.74) is -0.731. The van der Waals surface area contributed by atoms with E-state index in [1.165, 1.54) is 0 Å². The number of hydrogen-bond donors (Lipinski definition) is 0. The van der Waals surface area contributed by atoms with Gasteiger partial charge >= 0.3 is 0 Å². The molecule has 0 unspecified atom stereocenters. The van der Waals surface area contributed by atoms with Crippen LogP contribution < -0.4 is 4.74 Å². The van der Waals surface area contributed by atoms with E-state index < -0.39 is 17.9 Å². The summed E-state index contributed by atoms with van der Waals surface area (Å²) >= 11 is 3.30. The summed E-state index contributed by atoms with van der Waals surface area (Å²) in [6, 6.07) is 3.61. The van der Waals surface area contributed by atoms with Crippen LogP contribution >= 0.6 is 15.9 Å². The molecule has 0 amide bonds. The summed E-state index contributed by atoms with van der Waals surface area (Å²) < 4.78 is 36.2. The minimum Gasteiger partial charge on any atom is -0.475 e. The molecular weight excluding hydrogens is 357 g/mol. The highest BCUT2D eigenvalue weighted by Gasteiger charge is 2.40. The van der Waals surface area contributed by atoms with Gasteiger partial charge in [0.15, 0.2) is 5.79 Å². The number of halogens is 2. The predicted octanol–water partition coefficient (Wildman–Crippen LogP) is 2.98. The largest absolute Gasteiger partial charge is 0.475 e. The van der Waals surface area contributed by atoms with Crippen LogP contribution in [0.1, 0.15) is 13.8 Å². The number of alkyl halides is 1. The van der Waals surface area contributed by atoms with E-state index in [4.69, 9.17) is 18.9 Å². The summed E-state index contributed by atoms with van der Waals surface area (Å²) in [5, 5.41) is 0. The summed E-state index contributed by atoms with van der Waals surface area (Å²) in [5.74, 6) is -0.132. The van der Waals surface area contributed by atoms with E-state index in [0.717, 1.165) is 4.47 Å². The molecule has 0 spiro atoms. The first-order valence-electron chi connectivity index (χ1n) is 7.11. The molecule has 0 radical (unpaired) electrons. The molecule has 0 atom stereocenters. The Kier molecular flexibility index (Phi) is 6.14. The molecule has 1 aromatic heterocycles. The van der Waals surface area contributed by atoms with Crippen LogP contribution in [0, 0.1) is 5.41 Å². The van der Waals surface area contributed by atoms with Crippen molar-refractivity contribution in [2.24, 2.45) is 5.41 Å². The molecule has 1 aliphatic heterocycles. The number of pyridine rings is 1. The summed E-state index contributed by atoms with van der Waals surface area (Å²) in [6.07, 6.45) is 1.66. The first-order valence-corrected chi connectivity index (χ1v) is 7.90.